The summed E-state index contributed by atoms with van der Waals surface area (Å²) in [5.74, 6) is -0.213. The molecule has 0 radical (unpaired) electrons. The molecule has 9 nitrogen and oxygen atoms in total. The van der Waals surface area contributed by atoms with E-state index in [0.717, 1.165) is 12.8 Å². The van der Waals surface area contributed by atoms with E-state index >= 15 is 0 Å². The minimum absolute atomic E-state index is 0.0834. The number of nitro groups is 1. The van der Waals surface area contributed by atoms with Crippen LogP contribution in [0.15, 0.2) is 54.6 Å². The molecule has 2 aromatic rings. The molecular formula is C18H19N2O7P. The molecule has 1 aliphatic rings. The van der Waals surface area contributed by atoms with Crippen molar-refractivity contribution in [3.05, 3.63) is 64.7 Å². The monoisotopic (exact) mass is 406 g/mol. The van der Waals surface area contributed by atoms with Crippen LogP contribution in [0.4, 0.5) is 5.69 Å². The number of para-hydroxylation sites is 1. The summed E-state index contributed by atoms with van der Waals surface area (Å²) in [6.07, 6.45) is 1.54. The van der Waals surface area contributed by atoms with Gasteiger partial charge in [-0.05, 0) is 44.0 Å². The number of ether oxygens (including phenoxy) is 1. The van der Waals surface area contributed by atoms with Gasteiger partial charge in [-0.1, -0.05) is 18.2 Å². The molecule has 148 valence electrons. The van der Waals surface area contributed by atoms with Gasteiger partial charge in [0.1, 0.15) is 23.6 Å². The first-order valence-corrected chi connectivity index (χ1v) is 10.2. The summed E-state index contributed by atoms with van der Waals surface area (Å²) in [7, 11) is -4.06. The van der Waals surface area contributed by atoms with Crippen LogP contribution in [-0.4, -0.2) is 23.0 Å². The Morgan fingerprint density at radius 2 is 1.68 bits per heavy atom. The van der Waals surface area contributed by atoms with E-state index in [4.69, 9.17) is 13.8 Å². The summed E-state index contributed by atoms with van der Waals surface area (Å²) in [6, 6.07) is 12.4. The zero-order valence-corrected chi connectivity index (χ0v) is 15.9. The van der Waals surface area contributed by atoms with Crippen LogP contribution < -0.4 is 14.1 Å². The van der Waals surface area contributed by atoms with Crippen molar-refractivity contribution in [3.63, 3.8) is 0 Å². The number of nitrogens with zero attached hydrogens (tertiary/aromatic N) is 1. The van der Waals surface area contributed by atoms with Gasteiger partial charge >= 0.3 is 13.7 Å². The van der Waals surface area contributed by atoms with Gasteiger partial charge in [0.2, 0.25) is 0 Å². The zero-order chi connectivity index (χ0) is 20.1. The van der Waals surface area contributed by atoms with E-state index in [9.17, 15) is 19.5 Å². The molecule has 2 atom stereocenters. The van der Waals surface area contributed by atoms with Crippen LogP contribution in [0.25, 0.3) is 0 Å². The number of nitrogens with one attached hydrogen (secondary N) is 1. The highest BCUT2D eigenvalue weighted by molar-refractivity contribution is 7.52. The summed E-state index contributed by atoms with van der Waals surface area (Å²) in [5.41, 5.74) is -0.138. The standard InChI is InChI=1S/C18H19N2O7P/c1-13(18(21)25-15-11-12-15)19-28(24,26-16-5-3-2-4-6-16)27-17-9-7-14(8-10-17)20(22)23/h2-10,13,15H,11-12H2,1H3,(H,19,24)/t13-,28?/m0/s1. The van der Waals surface area contributed by atoms with Crippen molar-refractivity contribution in [1.29, 1.82) is 0 Å². The highest BCUT2D eigenvalue weighted by Gasteiger charge is 2.36. The second-order valence-corrected chi connectivity index (χ2v) is 7.85. The van der Waals surface area contributed by atoms with Gasteiger partial charge in [-0.25, -0.2) is 4.57 Å². The highest BCUT2D eigenvalue weighted by atomic mass is 31.2. The molecule has 0 amide bonds. The van der Waals surface area contributed by atoms with Crippen molar-refractivity contribution in [2.75, 3.05) is 0 Å². The average molecular weight is 406 g/mol. The van der Waals surface area contributed by atoms with E-state index in [2.05, 4.69) is 5.09 Å². The Hall–Kier alpha value is -2.90. The molecule has 0 spiro atoms. The van der Waals surface area contributed by atoms with Crippen LogP contribution in [0.5, 0.6) is 11.5 Å². The number of nitro benzene ring substituents is 1. The fourth-order valence-corrected chi connectivity index (χ4v) is 3.72. The van der Waals surface area contributed by atoms with Crippen LogP contribution in [0.1, 0.15) is 19.8 Å². The van der Waals surface area contributed by atoms with Crippen LogP contribution in [-0.2, 0) is 14.1 Å². The Bertz CT molecular complexity index is 885. The third-order valence-corrected chi connectivity index (χ3v) is 5.36. The van der Waals surface area contributed by atoms with Gasteiger partial charge in [0.25, 0.3) is 5.69 Å². The Morgan fingerprint density at radius 3 is 2.21 bits per heavy atom. The molecule has 10 heteroatoms. The van der Waals surface area contributed by atoms with Crippen molar-refractivity contribution >= 4 is 19.4 Å². The minimum Gasteiger partial charge on any atom is -0.461 e. The molecule has 2 aromatic carbocycles. The quantitative estimate of drug-likeness (QED) is 0.289. The van der Waals surface area contributed by atoms with Crippen LogP contribution in [0.2, 0.25) is 0 Å². The lowest BCUT2D eigenvalue weighted by Crippen LogP contribution is -2.36. The van der Waals surface area contributed by atoms with E-state index in [-0.39, 0.29) is 23.3 Å². The first kappa shape index (κ1) is 19.9. The predicted octanol–water partition coefficient (Wildman–Crippen LogP) is 3.84. The van der Waals surface area contributed by atoms with E-state index in [0.29, 0.717) is 0 Å². The first-order chi connectivity index (χ1) is 13.3. The van der Waals surface area contributed by atoms with Crippen molar-refractivity contribution < 1.29 is 28.1 Å². The van der Waals surface area contributed by atoms with E-state index in [1.54, 1.807) is 30.3 Å². The number of carbonyl (C=O) groups is 1. The molecule has 28 heavy (non-hydrogen) atoms. The van der Waals surface area contributed by atoms with Gasteiger partial charge in [0, 0.05) is 12.1 Å². The zero-order valence-electron chi connectivity index (χ0n) is 15.0. The van der Waals surface area contributed by atoms with Crippen LogP contribution in [0, 0.1) is 10.1 Å². The number of hydrogen-bond acceptors (Lipinski definition) is 7. The molecule has 3 rings (SSSR count). The Balaban J connectivity index is 1.77. The lowest BCUT2D eigenvalue weighted by molar-refractivity contribution is -0.384. The number of benzene rings is 2. The maximum atomic E-state index is 13.3. The van der Waals surface area contributed by atoms with E-state index in [1.807, 2.05) is 0 Å². The predicted molar refractivity (Wildman–Crippen MR) is 100 cm³/mol. The first-order valence-electron chi connectivity index (χ1n) is 8.62. The molecule has 0 aliphatic heterocycles. The molecule has 0 saturated heterocycles. The summed E-state index contributed by atoms with van der Waals surface area (Å²) >= 11 is 0. The lowest BCUT2D eigenvalue weighted by Gasteiger charge is -2.23. The summed E-state index contributed by atoms with van der Waals surface area (Å²) in [4.78, 5) is 22.3. The lowest BCUT2D eigenvalue weighted by atomic mass is 10.3. The van der Waals surface area contributed by atoms with Gasteiger partial charge in [-0.2, -0.15) is 5.09 Å². The van der Waals surface area contributed by atoms with E-state index < -0.39 is 24.7 Å². The number of carbonyl (C=O) groups excluding carboxylic acids is 1. The topological polar surface area (TPSA) is 117 Å². The third kappa shape index (κ3) is 5.55. The normalized spacial score (nSPS) is 16.5. The summed E-state index contributed by atoms with van der Waals surface area (Å²) in [6.45, 7) is 1.49. The molecule has 0 aromatic heterocycles. The maximum absolute atomic E-state index is 13.3. The Kier molecular flexibility index (Phi) is 5.96. The fraction of sp³-hybridized carbons (Fsp3) is 0.278. The largest absolute Gasteiger partial charge is 0.513 e. The second kappa shape index (κ2) is 8.41. The molecule has 1 aliphatic carbocycles. The number of esters is 1. The average Bonchev–Trinajstić information content (AvgIpc) is 3.46. The van der Waals surface area contributed by atoms with Gasteiger partial charge in [0.05, 0.1) is 4.92 Å². The summed E-state index contributed by atoms with van der Waals surface area (Å²) < 4.78 is 29.5. The maximum Gasteiger partial charge on any atom is 0.513 e. The van der Waals surface area contributed by atoms with Crippen molar-refractivity contribution in [2.24, 2.45) is 0 Å². The Labute approximate surface area is 161 Å². The molecule has 1 saturated carbocycles. The van der Waals surface area contributed by atoms with Gasteiger partial charge < -0.3 is 13.8 Å². The van der Waals surface area contributed by atoms with Gasteiger partial charge in [-0.3, -0.25) is 14.9 Å². The molecular weight excluding hydrogens is 387 g/mol. The van der Waals surface area contributed by atoms with Gasteiger partial charge in [0.15, 0.2) is 0 Å². The van der Waals surface area contributed by atoms with Crippen molar-refractivity contribution in [1.82, 2.24) is 5.09 Å². The molecule has 1 unspecified atom stereocenters. The Morgan fingerprint density at radius 1 is 1.11 bits per heavy atom. The highest BCUT2D eigenvalue weighted by Crippen LogP contribution is 2.45. The van der Waals surface area contributed by atoms with Crippen molar-refractivity contribution in [2.45, 2.75) is 31.9 Å². The number of hydrogen-bond donors (Lipinski definition) is 1. The number of rotatable bonds is 9. The summed E-state index contributed by atoms with van der Waals surface area (Å²) in [5, 5.41) is 13.3. The van der Waals surface area contributed by atoms with Crippen LogP contribution in [0.3, 0.4) is 0 Å². The molecule has 0 bridgehead atoms. The molecule has 0 heterocycles. The molecule has 1 N–H and O–H groups in total. The van der Waals surface area contributed by atoms with E-state index in [1.165, 1.54) is 31.2 Å². The molecule has 1 fully saturated rings. The van der Waals surface area contributed by atoms with Crippen LogP contribution >= 0.6 is 7.75 Å². The SMILES string of the molecule is C[C@H](NP(=O)(Oc1ccccc1)Oc1ccc([N+](=O)[O-])cc1)C(=O)OC1CC1. The van der Waals surface area contributed by atoms with Crippen molar-refractivity contribution in [3.8, 4) is 11.5 Å². The second-order valence-electron chi connectivity index (χ2n) is 6.23. The number of non-ortho nitro benzene ring substituents is 1. The smallest absolute Gasteiger partial charge is 0.461 e. The third-order valence-electron chi connectivity index (χ3n) is 3.75. The minimum atomic E-state index is -4.06. The fourth-order valence-electron chi connectivity index (χ4n) is 2.20. The van der Waals surface area contributed by atoms with Gasteiger partial charge in [-0.15, -0.1) is 0 Å².